The number of nitrogens with zero attached hydrogens (tertiary/aromatic N) is 3. The molecule has 1 aromatic carbocycles. The molecule has 0 unspecified atom stereocenters. The molecule has 0 saturated carbocycles. The lowest BCUT2D eigenvalue weighted by Crippen LogP contribution is -2.34. The Balaban J connectivity index is 1.56. The summed E-state index contributed by atoms with van der Waals surface area (Å²) in [7, 11) is 0. The quantitative estimate of drug-likeness (QED) is 0.811. The van der Waals surface area contributed by atoms with Gasteiger partial charge in [0.2, 0.25) is 11.8 Å². The summed E-state index contributed by atoms with van der Waals surface area (Å²) in [6.45, 7) is 1.64. The van der Waals surface area contributed by atoms with Crippen molar-refractivity contribution >= 4 is 29.3 Å². The van der Waals surface area contributed by atoms with Crippen molar-refractivity contribution in [3.8, 4) is 0 Å². The lowest BCUT2D eigenvalue weighted by atomic mass is 10.1. The highest BCUT2D eigenvalue weighted by atomic mass is 32.2. The SMILES string of the molecule is CSc1cccc(N2C[C@@H](C(=O)NCCn3ccnc3)CC2=O)c1. The first-order valence-corrected chi connectivity index (χ1v) is 9.07. The van der Waals surface area contributed by atoms with Crippen molar-refractivity contribution < 1.29 is 9.59 Å². The van der Waals surface area contributed by atoms with Gasteiger partial charge >= 0.3 is 0 Å². The monoisotopic (exact) mass is 344 g/mol. The first kappa shape index (κ1) is 16.6. The topological polar surface area (TPSA) is 67.2 Å². The summed E-state index contributed by atoms with van der Waals surface area (Å²) in [5.41, 5.74) is 0.862. The molecule has 0 radical (unpaired) electrons. The molecule has 6 nitrogen and oxygen atoms in total. The number of nitrogens with one attached hydrogen (secondary N) is 1. The van der Waals surface area contributed by atoms with Gasteiger partial charge in [0, 0.05) is 49.0 Å². The number of thioether (sulfide) groups is 1. The Hall–Kier alpha value is -2.28. The van der Waals surface area contributed by atoms with Gasteiger partial charge in [0.05, 0.1) is 12.2 Å². The summed E-state index contributed by atoms with van der Waals surface area (Å²) >= 11 is 1.64. The number of amides is 2. The van der Waals surface area contributed by atoms with Gasteiger partial charge in [-0.15, -0.1) is 11.8 Å². The van der Waals surface area contributed by atoms with Crippen LogP contribution in [0.5, 0.6) is 0 Å². The van der Waals surface area contributed by atoms with Crippen LogP contribution in [0.2, 0.25) is 0 Å². The van der Waals surface area contributed by atoms with Crippen molar-refractivity contribution in [3.63, 3.8) is 0 Å². The average molecular weight is 344 g/mol. The number of anilines is 1. The van der Waals surface area contributed by atoms with Gasteiger partial charge in [-0.25, -0.2) is 4.98 Å². The summed E-state index contributed by atoms with van der Waals surface area (Å²) in [6, 6.07) is 7.85. The van der Waals surface area contributed by atoms with E-state index in [9.17, 15) is 9.59 Å². The fourth-order valence-electron chi connectivity index (χ4n) is 2.78. The molecule has 1 fully saturated rings. The Labute approximate surface area is 145 Å². The lowest BCUT2D eigenvalue weighted by Gasteiger charge is -2.17. The van der Waals surface area contributed by atoms with Gasteiger partial charge in [-0.3, -0.25) is 9.59 Å². The third kappa shape index (κ3) is 3.79. The second kappa shape index (κ2) is 7.53. The maximum Gasteiger partial charge on any atom is 0.227 e. The number of rotatable bonds is 6. The third-order valence-electron chi connectivity index (χ3n) is 4.09. The van der Waals surface area contributed by atoms with Crippen LogP contribution in [0.25, 0.3) is 0 Å². The molecule has 1 saturated heterocycles. The number of carbonyl (C=O) groups excluding carboxylic acids is 2. The molecule has 1 aliphatic rings. The normalized spacial score (nSPS) is 17.3. The Bertz CT molecular complexity index is 717. The number of benzene rings is 1. The Morgan fingerprint density at radius 2 is 2.33 bits per heavy atom. The van der Waals surface area contributed by atoms with Crippen LogP contribution in [-0.2, 0) is 16.1 Å². The number of aromatic nitrogens is 2. The van der Waals surface area contributed by atoms with E-state index < -0.39 is 0 Å². The maximum absolute atomic E-state index is 12.3. The molecule has 2 heterocycles. The Morgan fingerprint density at radius 3 is 3.08 bits per heavy atom. The molecule has 0 bridgehead atoms. The first-order valence-electron chi connectivity index (χ1n) is 7.85. The average Bonchev–Trinajstić information content (AvgIpc) is 3.24. The molecule has 1 aromatic heterocycles. The molecule has 24 heavy (non-hydrogen) atoms. The maximum atomic E-state index is 12.3. The van der Waals surface area contributed by atoms with E-state index in [0.717, 1.165) is 10.6 Å². The van der Waals surface area contributed by atoms with E-state index in [4.69, 9.17) is 0 Å². The van der Waals surface area contributed by atoms with Gasteiger partial charge in [0.15, 0.2) is 0 Å². The van der Waals surface area contributed by atoms with E-state index in [-0.39, 0.29) is 24.2 Å². The smallest absolute Gasteiger partial charge is 0.227 e. The second-order valence-electron chi connectivity index (χ2n) is 5.70. The van der Waals surface area contributed by atoms with Gasteiger partial charge < -0.3 is 14.8 Å². The first-order chi connectivity index (χ1) is 11.7. The standard InChI is InChI=1S/C17H20N4O2S/c1-24-15-4-2-3-14(10-15)21-11-13(9-16(21)22)17(23)19-6-8-20-7-5-18-12-20/h2-5,7,10,12-13H,6,8-9,11H2,1H3,(H,19,23)/t13-/m0/s1. The molecular weight excluding hydrogens is 324 g/mol. The van der Waals surface area contributed by atoms with Crippen molar-refractivity contribution in [1.82, 2.24) is 14.9 Å². The number of carbonyl (C=O) groups is 2. The van der Waals surface area contributed by atoms with E-state index in [1.807, 2.05) is 41.3 Å². The zero-order chi connectivity index (χ0) is 16.9. The minimum absolute atomic E-state index is 0.00279. The van der Waals surface area contributed by atoms with Gasteiger partial charge in [0.25, 0.3) is 0 Å². The summed E-state index contributed by atoms with van der Waals surface area (Å²) in [6.07, 6.45) is 7.54. The van der Waals surface area contributed by atoms with E-state index in [2.05, 4.69) is 10.3 Å². The highest BCUT2D eigenvalue weighted by Gasteiger charge is 2.34. The highest BCUT2D eigenvalue weighted by molar-refractivity contribution is 7.98. The van der Waals surface area contributed by atoms with Crippen molar-refractivity contribution in [1.29, 1.82) is 0 Å². The lowest BCUT2D eigenvalue weighted by molar-refractivity contribution is -0.126. The zero-order valence-electron chi connectivity index (χ0n) is 13.5. The van der Waals surface area contributed by atoms with Crippen molar-refractivity contribution in [3.05, 3.63) is 43.0 Å². The van der Waals surface area contributed by atoms with E-state index in [0.29, 0.717) is 19.6 Å². The summed E-state index contributed by atoms with van der Waals surface area (Å²) in [5, 5.41) is 2.91. The highest BCUT2D eigenvalue weighted by Crippen LogP contribution is 2.28. The van der Waals surface area contributed by atoms with Crippen LogP contribution in [0.3, 0.4) is 0 Å². The van der Waals surface area contributed by atoms with Crippen LogP contribution >= 0.6 is 11.8 Å². The van der Waals surface area contributed by atoms with Crippen molar-refractivity contribution in [2.24, 2.45) is 5.92 Å². The van der Waals surface area contributed by atoms with E-state index in [1.54, 1.807) is 29.2 Å². The van der Waals surface area contributed by atoms with Gasteiger partial charge in [-0.2, -0.15) is 0 Å². The van der Waals surface area contributed by atoms with Crippen LogP contribution in [0.4, 0.5) is 5.69 Å². The molecule has 0 spiro atoms. The van der Waals surface area contributed by atoms with Gasteiger partial charge in [0.1, 0.15) is 0 Å². The van der Waals surface area contributed by atoms with Gasteiger partial charge in [-0.05, 0) is 24.5 Å². The van der Waals surface area contributed by atoms with Crippen molar-refractivity contribution in [2.45, 2.75) is 17.9 Å². The fourth-order valence-corrected chi connectivity index (χ4v) is 3.24. The molecule has 7 heteroatoms. The molecule has 126 valence electrons. The molecule has 1 aliphatic heterocycles. The molecule has 1 N–H and O–H groups in total. The Kier molecular flexibility index (Phi) is 5.20. The predicted octanol–water partition coefficient (Wildman–Crippen LogP) is 1.77. The second-order valence-corrected chi connectivity index (χ2v) is 6.58. The molecule has 1 atom stereocenters. The molecule has 0 aliphatic carbocycles. The van der Waals surface area contributed by atoms with Crippen LogP contribution in [0, 0.1) is 5.92 Å². The van der Waals surface area contributed by atoms with Crippen LogP contribution in [-0.4, -0.2) is 40.7 Å². The molecular formula is C17H20N4O2S. The summed E-state index contributed by atoms with van der Waals surface area (Å²) < 4.78 is 1.90. The zero-order valence-corrected chi connectivity index (χ0v) is 14.3. The summed E-state index contributed by atoms with van der Waals surface area (Å²) in [4.78, 5) is 31.4. The largest absolute Gasteiger partial charge is 0.354 e. The number of hydrogen-bond acceptors (Lipinski definition) is 4. The van der Waals surface area contributed by atoms with Crippen LogP contribution < -0.4 is 10.2 Å². The Morgan fingerprint density at radius 1 is 1.46 bits per heavy atom. The minimum atomic E-state index is -0.293. The number of imidazole rings is 1. The van der Waals surface area contributed by atoms with Gasteiger partial charge in [-0.1, -0.05) is 6.07 Å². The number of hydrogen-bond donors (Lipinski definition) is 1. The minimum Gasteiger partial charge on any atom is -0.354 e. The molecule has 2 amide bonds. The van der Waals surface area contributed by atoms with E-state index >= 15 is 0 Å². The fraction of sp³-hybridized carbons (Fsp3) is 0.353. The van der Waals surface area contributed by atoms with Crippen molar-refractivity contribution in [2.75, 3.05) is 24.2 Å². The summed E-state index contributed by atoms with van der Waals surface area (Å²) in [5.74, 6) is -0.353. The van der Waals surface area contributed by atoms with Crippen LogP contribution in [0.1, 0.15) is 6.42 Å². The van der Waals surface area contributed by atoms with E-state index in [1.165, 1.54) is 0 Å². The molecule has 2 aromatic rings. The third-order valence-corrected chi connectivity index (χ3v) is 4.81. The predicted molar refractivity (Wildman–Crippen MR) is 93.9 cm³/mol. The molecule has 3 rings (SSSR count). The van der Waals surface area contributed by atoms with Crippen LogP contribution in [0.15, 0.2) is 47.9 Å².